The number of carbonyl (C=O) groups is 1. The molecule has 0 bridgehead atoms. The van der Waals surface area contributed by atoms with Crippen LogP contribution in [0.4, 0.5) is 5.69 Å². The summed E-state index contributed by atoms with van der Waals surface area (Å²) in [5.74, 6) is -0.244. The maximum absolute atomic E-state index is 11.1. The molecule has 0 aliphatic heterocycles. The predicted octanol–water partition coefficient (Wildman–Crippen LogP) is -0.258. The number of carbonyl (C=O) groups excluding carboxylic acids is 1. The van der Waals surface area contributed by atoms with Crippen molar-refractivity contribution in [2.75, 3.05) is 12.3 Å². The van der Waals surface area contributed by atoms with Gasteiger partial charge in [0, 0.05) is 12.7 Å². The summed E-state index contributed by atoms with van der Waals surface area (Å²) < 4.78 is 0. The maximum Gasteiger partial charge on any atom is 0.273 e. The molecule has 0 saturated carbocycles. The SMILES string of the molecule is CCNC(=O)c1n[nH]cc1N. The van der Waals surface area contributed by atoms with Gasteiger partial charge in [0.15, 0.2) is 5.69 Å². The zero-order valence-electron chi connectivity index (χ0n) is 6.22. The largest absolute Gasteiger partial charge is 0.396 e. The van der Waals surface area contributed by atoms with Gasteiger partial charge in [-0.3, -0.25) is 9.89 Å². The van der Waals surface area contributed by atoms with Crippen molar-refractivity contribution in [1.82, 2.24) is 15.5 Å². The molecule has 1 heterocycles. The van der Waals surface area contributed by atoms with Crippen LogP contribution in [-0.4, -0.2) is 22.6 Å². The zero-order valence-corrected chi connectivity index (χ0v) is 6.22. The first-order chi connectivity index (χ1) is 5.25. The molecule has 1 aromatic rings. The highest BCUT2D eigenvalue weighted by Gasteiger charge is 2.09. The normalized spacial score (nSPS) is 9.55. The number of nitrogens with zero attached hydrogens (tertiary/aromatic N) is 1. The minimum absolute atomic E-state index is 0.244. The Hall–Kier alpha value is -1.52. The molecule has 0 aliphatic carbocycles. The summed E-state index contributed by atoms with van der Waals surface area (Å²) in [6.45, 7) is 2.41. The van der Waals surface area contributed by atoms with Gasteiger partial charge in [0.2, 0.25) is 0 Å². The summed E-state index contributed by atoms with van der Waals surface area (Å²) in [6.07, 6.45) is 1.48. The van der Waals surface area contributed by atoms with Crippen molar-refractivity contribution in [3.63, 3.8) is 0 Å². The van der Waals surface area contributed by atoms with Gasteiger partial charge >= 0.3 is 0 Å². The Morgan fingerprint density at radius 1 is 1.91 bits per heavy atom. The molecule has 11 heavy (non-hydrogen) atoms. The second-order valence-corrected chi connectivity index (χ2v) is 2.05. The van der Waals surface area contributed by atoms with Crippen LogP contribution >= 0.6 is 0 Å². The first-order valence-corrected chi connectivity index (χ1v) is 3.33. The lowest BCUT2D eigenvalue weighted by Crippen LogP contribution is -2.23. The van der Waals surface area contributed by atoms with E-state index < -0.39 is 0 Å². The van der Waals surface area contributed by atoms with Crippen LogP contribution in [-0.2, 0) is 0 Å². The molecule has 0 aromatic carbocycles. The van der Waals surface area contributed by atoms with Crippen LogP contribution in [0.15, 0.2) is 6.20 Å². The van der Waals surface area contributed by atoms with Crippen molar-refractivity contribution < 1.29 is 4.79 Å². The van der Waals surface area contributed by atoms with Gasteiger partial charge in [-0.2, -0.15) is 5.10 Å². The first kappa shape index (κ1) is 7.59. The Morgan fingerprint density at radius 3 is 3.09 bits per heavy atom. The molecule has 5 heteroatoms. The van der Waals surface area contributed by atoms with Gasteiger partial charge in [-0.25, -0.2) is 0 Å². The van der Waals surface area contributed by atoms with Crippen LogP contribution in [0.5, 0.6) is 0 Å². The zero-order chi connectivity index (χ0) is 8.27. The lowest BCUT2D eigenvalue weighted by Gasteiger charge is -1.97. The summed E-state index contributed by atoms with van der Waals surface area (Å²) in [6, 6.07) is 0. The van der Waals surface area contributed by atoms with Crippen molar-refractivity contribution in [3.8, 4) is 0 Å². The summed E-state index contributed by atoms with van der Waals surface area (Å²) in [5.41, 5.74) is 6.04. The average molecular weight is 154 g/mol. The number of rotatable bonds is 2. The molecule has 0 spiro atoms. The maximum atomic E-state index is 11.1. The van der Waals surface area contributed by atoms with Crippen LogP contribution in [0, 0.1) is 0 Å². The summed E-state index contributed by atoms with van der Waals surface area (Å²) in [5, 5.41) is 8.76. The molecular formula is C6H10N4O. The Balaban J connectivity index is 2.76. The van der Waals surface area contributed by atoms with Gasteiger partial charge in [-0.1, -0.05) is 0 Å². The molecule has 0 atom stereocenters. The second kappa shape index (κ2) is 3.05. The topological polar surface area (TPSA) is 83.8 Å². The average Bonchev–Trinajstić information content (AvgIpc) is 2.36. The number of H-pyrrole nitrogens is 1. The molecule has 0 unspecified atom stereocenters. The summed E-state index contributed by atoms with van der Waals surface area (Å²) in [4.78, 5) is 11.1. The van der Waals surface area contributed by atoms with Crippen molar-refractivity contribution in [2.45, 2.75) is 6.92 Å². The molecule has 0 saturated heterocycles. The quantitative estimate of drug-likeness (QED) is 0.548. The van der Waals surface area contributed by atoms with Crippen molar-refractivity contribution in [2.24, 2.45) is 0 Å². The molecule has 1 amide bonds. The van der Waals surface area contributed by atoms with Crippen LogP contribution in [0.2, 0.25) is 0 Å². The third-order valence-corrected chi connectivity index (χ3v) is 1.22. The minimum Gasteiger partial charge on any atom is -0.396 e. The molecular weight excluding hydrogens is 144 g/mol. The number of nitrogens with one attached hydrogen (secondary N) is 2. The van der Waals surface area contributed by atoms with Gasteiger partial charge in [0.1, 0.15) is 0 Å². The molecule has 0 aliphatic rings. The molecule has 1 rings (SSSR count). The Morgan fingerprint density at radius 2 is 2.64 bits per heavy atom. The lowest BCUT2D eigenvalue weighted by molar-refractivity contribution is 0.0951. The Kier molecular flexibility index (Phi) is 2.10. The van der Waals surface area contributed by atoms with E-state index in [4.69, 9.17) is 5.73 Å². The van der Waals surface area contributed by atoms with E-state index >= 15 is 0 Å². The third-order valence-electron chi connectivity index (χ3n) is 1.22. The van der Waals surface area contributed by atoms with Gasteiger partial charge in [0.25, 0.3) is 5.91 Å². The van der Waals surface area contributed by atoms with Crippen LogP contribution in [0.25, 0.3) is 0 Å². The Labute approximate surface area is 64.0 Å². The van der Waals surface area contributed by atoms with Crippen molar-refractivity contribution >= 4 is 11.6 Å². The van der Waals surface area contributed by atoms with E-state index in [9.17, 15) is 4.79 Å². The molecule has 60 valence electrons. The number of hydrogen-bond donors (Lipinski definition) is 3. The van der Waals surface area contributed by atoms with Crippen molar-refractivity contribution in [3.05, 3.63) is 11.9 Å². The fourth-order valence-electron chi connectivity index (χ4n) is 0.725. The number of aromatic nitrogens is 2. The van der Waals surface area contributed by atoms with E-state index in [1.165, 1.54) is 6.20 Å². The molecule has 0 fully saturated rings. The summed E-state index contributed by atoms with van der Waals surface area (Å²) in [7, 11) is 0. The number of amides is 1. The second-order valence-electron chi connectivity index (χ2n) is 2.05. The number of nitrogens with two attached hydrogens (primary N) is 1. The van der Waals surface area contributed by atoms with Gasteiger partial charge in [0.05, 0.1) is 5.69 Å². The number of anilines is 1. The van der Waals surface area contributed by atoms with E-state index in [1.807, 2.05) is 6.92 Å². The van der Waals surface area contributed by atoms with E-state index in [0.29, 0.717) is 12.2 Å². The van der Waals surface area contributed by atoms with Gasteiger partial charge < -0.3 is 11.1 Å². The summed E-state index contributed by atoms with van der Waals surface area (Å²) >= 11 is 0. The number of aromatic amines is 1. The lowest BCUT2D eigenvalue weighted by atomic mass is 10.3. The van der Waals surface area contributed by atoms with E-state index in [1.54, 1.807) is 0 Å². The van der Waals surface area contributed by atoms with E-state index in [2.05, 4.69) is 15.5 Å². The smallest absolute Gasteiger partial charge is 0.273 e. The van der Waals surface area contributed by atoms with Gasteiger partial charge in [-0.15, -0.1) is 0 Å². The van der Waals surface area contributed by atoms with E-state index in [0.717, 1.165) is 0 Å². The van der Waals surface area contributed by atoms with Crippen molar-refractivity contribution in [1.29, 1.82) is 0 Å². The highest BCUT2D eigenvalue weighted by Crippen LogP contribution is 2.04. The van der Waals surface area contributed by atoms with Gasteiger partial charge in [-0.05, 0) is 6.92 Å². The highest BCUT2D eigenvalue weighted by atomic mass is 16.1. The Bertz CT molecular complexity index is 255. The third kappa shape index (κ3) is 1.49. The van der Waals surface area contributed by atoms with Crippen LogP contribution in [0.3, 0.4) is 0 Å². The fourth-order valence-corrected chi connectivity index (χ4v) is 0.725. The van der Waals surface area contributed by atoms with Crippen LogP contribution in [0.1, 0.15) is 17.4 Å². The molecule has 5 nitrogen and oxygen atoms in total. The molecule has 0 radical (unpaired) electrons. The number of nitrogen functional groups attached to an aromatic ring is 1. The fraction of sp³-hybridized carbons (Fsp3) is 0.333. The molecule has 4 N–H and O–H groups in total. The predicted molar refractivity (Wildman–Crippen MR) is 41.0 cm³/mol. The monoisotopic (exact) mass is 154 g/mol. The minimum atomic E-state index is -0.244. The van der Waals surface area contributed by atoms with Crippen LogP contribution < -0.4 is 11.1 Å². The first-order valence-electron chi connectivity index (χ1n) is 3.33. The van der Waals surface area contributed by atoms with E-state index in [-0.39, 0.29) is 11.6 Å². The standard InChI is InChI=1S/C6H10N4O/c1-2-8-6(11)5-4(7)3-9-10-5/h3H,2,7H2,1H3,(H,8,11)(H,9,10). The molecule has 1 aromatic heterocycles. The number of hydrogen-bond acceptors (Lipinski definition) is 3. The highest BCUT2D eigenvalue weighted by molar-refractivity contribution is 5.96.